The number of hydrogen-bond donors (Lipinski definition) is 0. The van der Waals surface area contributed by atoms with E-state index in [-0.39, 0.29) is 32.0 Å². The summed E-state index contributed by atoms with van der Waals surface area (Å²) in [5, 5.41) is 0. The Morgan fingerprint density at radius 2 is 1.39 bits per heavy atom. The first-order valence-electron chi connectivity index (χ1n) is 8.59. The van der Waals surface area contributed by atoms with Crippen LogP contribution < -0.4 is 4.74 Å². The van der Waals surface area contributed by atoms with Gasteiger partial charge in [0.15, 0.2) is 0 Å². The Kier molecular flexibility index (Phi) is 6.10. The highest BCUT2D eigenvalue weighted by Gasteiger charge is 2.37. The first-order valence-corrected chi connectivity index (χ1v) is 8.59. The van der Waals surface area contributed by atoms with Gasteiger partial charge in [0.1, 0.15) is 17.5 Å². The van der Waals surface area contributed by atoms with E-state index in [1.807, 2.05) is 0 Å². The standard InChI is InChI=1S/C18H21F6NO3/c1-16(2,3)28-15(26)25-6-4-13(5-7-25)27-14-9-11(17(19,20)21)8-12(10-14)18(22,23)24/h8-10,13H,4-7H2,1-3H3. The van der Waals surface area contributed by atoms with Crippen molar-refractivity contribution in [2.45, 2.75) is 57.7 Å². The molecule has 0 spiro atoms. The molecule has 1 aromatic carbocycles. The summed E-state index contributed by atoms with van der Waals surface area (Å²) in [4.78, 5) is 13.4. The summed E-state index contributed by atoms with van der Waals surface area (Å²) in [6.45, 7) is 5.60. The number of carbonyl (C=O) groups excluding carboxylic acids is 1. The number of hydrogen-bond acceptors (Lipinski definition) is 3. The van der Waals surface area contributed by atoms with Gasteiger partial charge in [-0.2, -0.15) is 26.3 Å². The molecule has 0 aliphatic carbocycles. The quantitative estimate of drug-likeness (QED) is 0.601. The third-order valence-corrected chi connectivity index (χ3v) is 3.96. The van der Waals surface area contributed by atoms with E-state index in [0.29, 0.717) is 12.1 Å². The Bertz CT molecular complexity index is 668. The predicted molar refractivity (Wildman–Crippen MR) is 87.9 cm³/mol. The van der Waals surface area contributed by atoms with E-state index in [0.717, 1.165) is 0 Å². The van der Waals surface area contributed by atoms with E-state index in [2.05, 4.69) is 0 Å². The number of benzene rings is 1. The Morgan fingerprint density at radius 1 is 0.929 bits per heavy atom. The minimum atomic E-state index is -4.93. The fourth-order valence-electron chi connectivity index (χ4n) is 2.67. The van der Waals surface area contributed by atoms with Crippen molar-refractivity contribution in [3.63, 3.8) is 0 Å². The molecule has 28 heavy (non-hydrogen) atoms. The van der Waals surface area contributed by atoms with Crippen molar-refractivity contribution >= 4 is 6.09 Å². The van der Waals surface area contributed by atoms with Crippen LogP contribution in [-0.4, -0.2) is 35.8 Å². The third-order valence-electron chi connectivity index (χ3n) is 3.96. The van der Waals surface area contributed by atoms with Crippen molar-refractivity contribution in [3.05, 3.63) is 29.3 Å². The highest BCUT2D eigenvalue weighted by molar-refractivity contribution is 5.68. The van der Waals surface area contributed by atoms with Crippen LogP contribution in [0.5, 0.6) is 5.75 Å². The summed E-state index contributed by atoms with van der Waals surface area (Å²) in [7, 11) is 0. The molecule has 158 valence electrons. The van der Waals surface area contributed by atoms with E-state index >= 15 is 0 Å². The summed E-state index contributed by atoms with van der Waals surface area (Å²) in [5.74, 6) is -0.502. The minimum Gasteiger partial charge on any atom is -0.490 e. The number of ether oxygens (including phenoxy) is 2. The summed E-state index contributed by atoms with van der Waals surface area (Å²) in [6, 6.07) is 1.16. The molecule has 4 nitrogen and oxygen atoms in total. The number of amides is 1. The van der Waals surface area contributed by atoms with Crippen molar-refractivity contribution in [2.75, 3.05) is 13.1 Å². The molecule has 0 radical (unpaired) electrons. The molecule has 1 amide bonds. The molecule has 2 rings (SSSR count). The smallest absolute Gasteiger partial charge is 0.416 e. The van der Waals surface area contributed by atoms with E-state index in [1.54, 1.807) is 20.8 Å². The molecule has 1 fully saturated rings. The van der Waals surface area contributed by atoms with Crippen LogP contribution in [0.3, 0.4) is 0 Å². The normalized spacial score (nSPS) is 16.8. The number of likely N-dealkylation sites (tertiary alicyclic amines) is 1. The maximum atomic E-state index is 12.9. The van der Waals surface area contributed by atoms with Crippen LogP contribution in [0.4, 0.5) is 31.1 Å². The number of nitrogens with zero attached hydrogens (tertiary/aromatic N) is 1. The first-order chi connectivity index (χ1) is 12.6. The zero-order chi connectivity index (χ0) is 21.3. The lowest BCUT2D eigenvalue weighted by Crippen LogP contribution is -2.44. The Hall–Kier alpha value is -2.13. The van der Waals surface area contributed by atoms with Crippen LogP contribution in [0.25, 0.3) is 0 Å². The number of halogens is 6. The Labute approximate surface area is 158 Å². The van der Waals surface area contributed by atoms with Crippen LogP contribution in [0.15, 0.2) is 18.2 Å². The second-order valence-corrected chi connectivity index (χ2v) is 7.53. The average Bonchev–Trinajstić information content (AvgIpc) is 2.52. The van der Waals surface area contributed by atoms with Crippen LogP contribution >= 0.6 is 0 Å². The lowest BCUT2D eigenvalue weighted by molar-refractivity contribution is -0.143. The summed E-state index contributed by atoms with van der Waals surface area (Å²) in [6.07, 6.45) is -10.5. The molecule has 10 heteroatoms. The van der Waals surface area contributed by atoms with Gasteiger partial charge in [0.25, 0.3) is 0 Å². The van der Waals surface area contributed by atoms with Crippen LogP contribution in [0.1, 0.15) is 44.7 Å². The van der Waals surface area contributed by atoms with Crippen molar-refractivity contribution < 1.29 is 40.6 Å². The van der Waals surface area contributed by atoms with Crippen molar-refractivity contribution in [2.24, 2.45) is 0 Å². The molecule has 1 heterocycles. The van der Waals surface area contributed by atoms with Gasteiger partial charge in [0, 0.05) is 25.9 Å². The predicted octanol–water partition coefficient (Wildman–Crippen LogP) is 5.50. The van der Waals surface area contributed by atoms with Crippen molar-refractivity contribution in [1.29, 1.82) is 0 Å². The lowest BCUT2D eigenvalue weighted by Gasteiger charge is -2.33. The molecule has 1 aliphatic rings. The molecule has 0 N–H and O–H groups in total. The average molecular weight is 413 g/mol. The van der Waals surface area contributed by atoms with Gasteiger partial charge in [-0.3, -0.25) is 0 Å². The van der Waals surface area contributed by atoms with Gasteiger partial charge in [0.2, 0.25) is 0 Å². The molecular weight excluding hydrogens is 392 g/mol. The molecule has 0 saturated carbocycles. The zero-order valence-electron chi connectivity index (χ0n) is 15.6. The molecule has 0 atom stereocenters. The Morgan fingerprint density at radius 3 is 1.79 bits per heavy atom. The topological polar surface area (TPSA) is 38.8 Å². The second kappa shape index (κ2) is 7.71. The van der Waals surface area contributed by atoms with Gasteiger partial charge in [-0.25, -0.2) is 4.79 Å². The fourth-order valence-corrected chi connectivity index (χ4v) is 2.67. The van der Waals surface area contributed by atoms with E-state index < -0.39 is 47.0 Å². The van der Waals surface area contributed by atoms with E-state index in [1.165, 1.54) is 4.90 Å². The molecule has 0 bridgehead atoms. The van der Waals surface area contributed by atoms with Crippen molar-refractivity contribution in [1.82, 2.24) is 4.90 Å². The summed E-state index contributed by atoms with van der Waals surface area (Å²) >= 11 is 0. The highest BCUT2D eigenvalue weighted by Crippen LogP contribution is 2.38. The second-order valence-electron chi connectivity index (χ2n) is 7.53. The van der Waals surface area contributed by atoms with Crippen LogP contribution in [-0.2, 0) is 17.1 Å². The van der Waals surface area contributed by atoms with Crippen molar-refractivity contribution in [3.8, 4) is 5.75 Å². The van der Waals surface area contributed by atoms with Gasteiger partial charge in [-0.05, 0) is 39.0 Å². The molecule has 1 aliphatic heterocycles. The highest BCUT2D eigenvalue weighted by atomic mass is 19.4. The number of carbonyl (C=O) groups is 1. The van der Waals surface area contributed by atoms with Gasteiger partial charge in [0.05, 0.1) is 11.1 Å². The summed E-state index contributed by atoms with van der Waals surface area (Å²) < 4.78 is 88.1. The minimum absolute atomic E-state index is 0.0535. The van der Waals surface area contributed by atoms with Gasteiger partial charge < -0.3 is 14.4 Å². The van der Waals surface area contributed by atoms with Crippen LogP contribution in [0, 0.1) is 0 Å². The van der Waals surface area contributed by atoms with E-state index in [4.69, 9.17) is 9.47 Å². The molecule has 1 aromatic rings. The van der Waals surface area contributed by atoms with E-state index in [9.17, 15) is 31.1 Å². The third kappa shape index (κ3) is 6.20. The molecule has 0 aromatic heterocycles. The van der Waals surface area contributed by atoms with Gasteiger partial charge in [-0.15, -0.1) is 0 Å². The van der Waals surface area contributed by atoms with Gasteiger partial charge in [-0.1, -0.05) is 0 Å². The van der Waals surface area contributed by atoms with Gasteiger partial charge >= 0.3 is 18.4 Å². The lowest BCUT2D eigenvalue weighted by atomic mass is 10.1. The largest absolute Gasteiger partial charge is 0.490 e. The fraction of sp³-hybridized carbons (Fsp3) is 0.611. The first kappa shape index (κ1) is 22.2. The van der Waals surface area contributed by atoms with Crippen LogP contribution in [0.2, 0.25) is 0 Å². The summed E-state index contributed by atoms with van der Waals surface area (Å²) in [5.41, 5.74) is -3.52. The number of rotatable bonds is 2. The number of alkyl halides is 6. The molecule has 0 unspecified atom stereocenters. The monoisotopic (exact) mass is 413 g/mol. The molecular formula is C18H21F6NO3. The SMILES string of the molecule is CC(C)(C)OC(=O)N1CCC(Oc2cc(C(F)(F)F)cc(C(F)(F)F)c2)CC1. The number of piperidine rings is 1. The Balaban J connectivity index is 2.07. The zero-order valence-corrected chi connectivity index (χ0v) is 15.6. The maximum Gasteiger partial charge on any atom is 0.416 e. The molecule has 1 saturated heterocycles. The maximum absolute atomic E-state index is 12.9.